The minimum Gasteiger partial charge on any atom is -0.497 e. The van der Waals surface area contributed by atoms with Gasteiger partial charge in [0.2, 0.25) is 0 Å². The molecule has 0 bridgehead atoms. The third kappa shape index (κ3) is 2.43. The molecule has 0 amide bonds. The molecule has 1 aliphatic heterocycles. The molecule has 0 saturated carbocycles. The van der Waals surface area contributed by atoms with Crippen LogP contribution < -0.4 is 4.74 Å². The van der Waals surface area contributed by atoms with Gasteiger partial charge in [-0.3, -0.25) is 4.90 Å². The molecule has 1 heterocycles. The topological polar surface area (TPSA) is 35.9 Å². The number of aliphatic hydroxyl groups is 1. The van der Waals surface area contributed by atoms with E-state index in [2.05, 4.69) is 22.8 Å². The lowest BCUT2D eigenvalue weighted by Gasteiger charge is -2.38. The second-order valence-electron chi connectivity index (χ2n) is 5.75. The molecule has 4 heteroatoms. The van der Waals surface area contributed by atoms with Crippen LogP contribution in [0.2, 0.25) is 0 Å². The molecule has 20 heavy (non-hydrogen) atoms. The highest BCUT2D eigenvalue weighted by atomic mass is 16.5. The Labute approximate surface area is 120 Å². The fourth-order valence-electron chi connectivity index (χ4n) is 3.45. The second-order valence-corrected chi connectivity index (χ2v) is 5.75. The quantitative estimate of drug-likeness (QED) is 0.902. The molecule has 1 saturated heterocycles. The first-order valence-corrected chi connectivity index (χ1v) is 7.54. The van der Waals surface area contributed by atoms with Crippen LogP contribution in [0.15, 0.2) is 18.2 Å². The number of nitrogens with zero attached hydrogens (tertiary/aromatic N) is 2. The van der Waals surface area contributed by atoms with Gasteiger partial charge in [-0.25, -0.2) is 0 Å². The van der Waals surface area contributed by atoms with Crippen LogP contribution in [0.25, 0.3) is 0 Å². The number of benzene rings is 1. The summed E-state index contributed by atoms with van der Waals surface area (Å²) >= 11 is 0. The van der Waals surface area contributed by atoms with E-state index in [9.17, 15) is 5.11 Å². The number of likely N-dealkylation sites (N-methyl/N-ethyl adjacent to an activating group) is 1. The lowest BCUT2D eigenvalue weighted by Crippen LogP contribution is -2.51. The summed E-state index contributed by atoms with van der Waals surface area (Å²) in [7, 11) is 1.67. The molecule has 2 unspecified atom stereocenters. The largest absolute Gasteiger partial charge is 0.497 e. The van der Waals surface area contributed by atoms with Crippen molar-refractivity contribution < 1.29 is 9.84 Å². The summed E-state index contributed by atoms with van der Waals surface area (Å²) in [5, 5.41) is 10.6. The van der Waals surface area contributed by atoms with Crippen LogP contribution >= 0.6 is 0 Å². The SMILES string of the molecule is CCN1CCN(C2Cc3ccc(OC)cc3C2O)CC1. The van der Waals surface area contributed by atoms with Crippen LogP contribution in [0, 0.1) is 0 Å². The number of methoxy groups -OCH3 is 1. The van der Waals surface area contributed by atoms with Gasteiger partial charge in [0.25, 0.3) is 0 Å². The van der Waals surface area contributed by atoms with Crippen molar-refractivity contribution in [3.63, 3.8) is 0 Å². The van der Waals surface area contributed by atoms with Gasteiger partial charge >= 0.3 is 0 Å². The molecule has 2 aliphatic rings. The van der Waals surface area contributed by atoms with Crippen LogP contribution in [0.4, 0.5) is 0 Å². The Hall–Kier alpha value is -1.10. The standard InChI is InChI=1S/C16H24N2O2/c1-3-17-6-8-18(9-7-17)15-10-12-4-5-13(20-2)11-14(12)16(15)19/h4-5,11,15-16,19H,3,6-10H2,1-2H3. The number of hydrogen-bond donors (Lipinski definition) is 1. The first-order chi connectivity index (χ1) is 9.72. The van der Waals surface area contributed by atoms with E-state index in [1.807, 2.05) is 12.1 Å². The summed E-state index contributed by atoms with van der Waals surface area (Å²) in [6, 6.07) is 6.31. The maximum atomic E-state index is 10.6. The van der Waals surface area contributed by atoms with E-state index in [4.69, 9.17) is 4.74 Å². The van der Waals surface area contributed by atoms with Crippen molar-refractivity contribution in [1.29, 1.82) is 0 Å². The third-order valence-corrected chi connectivity index (χ3v) is 4.79. The minimum atomic E-state index is -0.381. The summed E-state index contributed by atoms with van der Waals surface area (Å²) in [5.74, 6) is 0.833. The van der Waals surface area contributed by atoms with Crippen molar-refractivity contribution in [3.05, 3.63) is 29.3 Å². The van der Waals surface area contributed by atoms with Gasteiger partial charge in [-0.2, -0.15) is 0 Å². The van der Waals surface area contributed by atoms with Crippen LogP contribution in [0.3, 0.4) is 0 Å². The zero-order valence-electron chi connectivity index (χ0n) is 12.4. The lowest BCUT2D eigenvalue weighted by molar-refractivity contribution is 0.0287. The molecule has 1 aromatic rings. The molecular weight excluding hydrogens is 252 g/mol. The molecule has 4 nitrogen and oxygen atoms in total. The molecule has 0 aromatic heterocycles. The monoisotopic (exact) mass is 276 g/mol. The summed E-state index contributed by atoms with van der Waals surface area (Å²) in [6.07, 6.45) is 0.570. The van der Waals surface area contributed by atoms with Crippen molar-refractivity contribution in [2.75, 3.05) is 39.8 Å². The Kier molecular flexibility index (Phi) is 3.96. The van der Waals surface area contributed by atoms with E-state index in [1.165, 1.54) is 5.56 Å². The Morgan fingerprint density at radius 3 is 2.65 bits per heavy atom. The van der Waals surface area contributed by atoms with Gasteiger partial charge < -0.3 is 14.7 Å². The Morgan fingerprint density at radius 1 is 1.25 bits per heavy atom. The lowest BCUT2D eigenvalue weighted by atomic mass is 10.1. The Bertz CT molecular complexity index is 470. The van der Waals surface area contributed by atoms with Crippen molar-refractivity contribution in [2.24, 2.45) is 0 Å². The van der Waals surface area contributed by atoms with Gasteiger partial charge in [0.1, 0.15) is 5.75 Å². The van der Waals surface area contributed by atoms with E-state index >= 15 is 0 Å². The molecule has 110 valence electrons. The second kappa shape index (κ2) is 5.72. The molecule has 3 rings (SSSR count). The number of hydrogen-bond acceptors (Lipinski definition) is 4. The van der Waals surface area contributed by atoms with Gasteiger partial charge in [-0.15, -0.1) is 0 Å². The maximum Gasteiger partial charge on any atom is 0.119 e. The number of aliphatic hydroxyl groups excluding tert-OH is 1. The maximum absolute atomic E-state index is 10.6. The van der Waals surface area contributed by atoms with Crippen molar-refractivity contribution >= 4 is 0 Å². The fraction of sp³-hybridized carbons (Fsp3) is 0.625. The number of piperazine rings is 1. The highest BCUT2D eigenvalue weighted by Gasteiger charge is 2.36. The summed E-state index contributed by atoms with van der Waals surface area (Å²) in [6.45, 7) is 7.67. The van der Waals surface area contributed by atoms with E-state index in [0.29, 0.717) is 0 Å². The average Bonchev–Trinajstić information content (AvgIpc) is 2.84. The average molecular weight is 276 g/mol. The molecule has 1 aliphatic carbocycles. The summed E-state index contributed by atoms with van der Waals surface area (Å²) in [5.41, 5.74) is 2.31. The van der Waals surface area contributed by atoms with Gasteiger partial charge in [-0.1, -0.05) is 13.0 Å². The summed E-state index contributed by atoms with van der Waals surface area (Å²) in [4.78, 5) is 4.91. The van der Waals surface area contributed by atoms with Gasteiger partial charge in [-0.05, 0) is 36.2 Å². The predicted octanol–water partition coefficient (Wildman–Crippen LogP) is 1.29. The zero-order valence-corrected chi connectivity index (χ0v) is 12.4. The van der Waals surface area contributed by atoms with Crippen molar-refractivity contribution in [3.8, 4) is 5.75 Å². The normalized spacial score (nSPS) is 27.6. The molecule has 0 radical (unpaired) electrons. The van der Waals surface area contributed by atoms with Crippen LogP contribution in [0.5, 0.6) is 5.75 Å². The third-order valence-electron chi connectivity index (χ3n) is 4.79. The Balaban J connectivity index is 1.72. The number of rotatable bonds is 3. The first-order valence-electron chi connectivity index (χ1n) is 7.54. The molecule has 0 spiro atoms. The molecule has 1 N–H and O–H groups in total. The molecule has 2 atom stereocenters. The van der Waals surface area contributed by atoms with Crippen LogP contribution in [0.1, 0.15) is 24.2 Å². The number of ether oxygens (including phenoxy) is 1. The molecule has 1 aromatic carbocycles. The molecular formula is C16H24N2O2. The Morgan fingerprint density at radius 2 is 2.00 bits per heavy atom. The highest BCUT2D eigenvalue weighted by Crippen LogP contribution is 2.36. The first kappa shape index (κ1) is 13.9. The van der Waals surface area contributed by atoms with Crippen LogP contribution in [-0.4, -0.2) is 60.8 Å². The van der Waals surface area contributed by atoms with Gasteiger partial charge in [0.05, 0.1) is 13.2 Å². The van der Waals surface area contributed by atoms with E-state index in [1.54, 1.807) is 7.11 Å². The highest BCUT2D eigenvalue weighted by molar-refractivity contribution is 5.41. The van der Waals surface area contributed by atoms with Gasteiger partial charge in [0.15, 0.2) is 0 Å². The van der Waals surface area contributed by atoms with Crippen LogP contribution in [-0.2, 0) is 6.42 Å². The van der Waals surface area contributed by atoms with Gasteiger partial charge in [0, 0.05) is 32.2 Å². The summed E-state index contributed by atoms with van der Waals surface area (Å²) < 4.78 is 5.27. The van der Waals surface area contributed by atoms with E-state index in [0.717, 1.165) is 50.5 Å². The van der Waals surface area contributed by atoms with Crippen molar-refractivity contribution in [1.82, 2.24) is 9.80 Å². The van der Waals surface area contributed by atoms with E-state index < -0.39 is 0 Å². The molecule has 1 fully saturated rings. The smallest absolute Gasteiger partial charge is 0.119 e. The number of fused-ring (bicyclic) bond motifs is 1. The predicted molar refractivity (Wildman–Crippen MR) is 79.1 cm³/mol. The van der Waals surface area contributed by atoms with E-state index in [-0.39, 0.29) is 12.1 Å². The minimum absolute atomic E-state index is 0.233. The zero-order chi connectivity index (χ0) is 14.1. The van der Waals surface area contributed by atoms with Crippen molar-refractivity contribution in [2.45, 2.75) is 25.5 Å². The fourth-order valence-corrected chi connectivity index (χ4v) is 3.45.